The number of nitrogens with one attached hydrogen (secondary N) is 1. The zero-order valence-corrected chi connectivity index (χ0v) is 12.8. The molecule has 2 N–H and O–H groups in total. The van der Waals surface area contributed by atoms with E-state index >= 15 is 0 Å². The molecule has 0 bridgehead atoms. The van der Waals surface area contributed by atoms with Crippen LogP contribution in [0.3, 0.4) is 0 Å². The van der Waals surface area contributed by atoms with Gasteiger partial charge in [-0.15, -0.1) is 0 Å². The van der Waals surface area contributed by atoms with Gasteiger partial charge in [-0.05, 0) is 40.2 Å². The Bertz CT molecular complexity index is 617. The van der Waals surface area contributed by atoms with Gasteiger partial charge in [0.05, 0.1) is 18.4 Å². The standard InChI is InChI=1S/C15H14BrF2NO2/c1-21-9-5-6-10(16)13(7-9)19-8-14(20)15-11(17)3-2-4-12(15)18/h2-7,14,19-20H,8H2,1H3. The van der Waals surface area contributed by atoms with Crippen LogP contribution in [0.2, 0.25) is 0 Å². The van der Waals surface area contributed by atoms with Crippen LogP contribution in [0.5, 0.6) is 5.75 Å². The molecule has 0 aliphatic rings. The maximum Gasteiger partial charge on any atom is 0.132 e. The summed E-state index contributed by atoms with van der Waals surface area (Å²) in [5.74, 6) is -0.907. The van der Waals surface area contributed by atoms with Crippen LogP contribution in [0.1, 0.15) is 11.7 Å². The molecule has 0 aliphatic carbocycles. The highest BCUT2D eigenvalue weighted by Gasteiger charge is 2.17. The number of anilines is 1. The van der Waals surface area contributed by atoms with Crippen LogP contribution in [-0.4, -0.2) is 18.8 Å². The Labute approximate surface area is 129 Å². The molecule has 0 aliphatic heterocycles. The van der Waals surface area contributed by atoms with E-state index in [9.17, 15) is 13.9 Å². The highest BCUT2D eigenvalue weighted by Crippen LogP contribution is 2.28. The number of halogens is 3. The van der Waals surface area contributed by atoms with Crippen molar-refractivity contribution in [3.05, 3.63) is 58.1 Å². The number of methoxy groups -OCH3 is 1. The Morgan fingerprint density at radius 1 is 1.24 bits per heavy atom. The smallest absolute Gasteiger partial charge is 0.132 e. The summed E-state index contributed by atoms with van der Waals surface area (Å²) in [6, 6.07) is 8.74. The average Bonchev–Trinajstić information content (AvgIpc) is 2.46. The number of aliphatic hydroxyl groups is 1. The number of benzene rings is 2. The van der Waals surface area contributed by atoms with E-state index in [0.717, 1.165) is 16.6 Å². The number of rotatable bonds is 5. The van der Waals surface area contributed by atoms with Gasteiger partial charge in [0.25, 0.3) is 0 Å². The van der Waals surface area contributed by atoms with E-state index in [1.807, 2.05) is 0 Å². The number of aliphatic hydroxyl groups excluding tert-OH is 1. The summed E-state index contributed by atoms with van der Waals surface area (Å²) in [7, 11) is 1.54. The van der Waals surface area contributed by atoms with Crippen LogP contribution in [-0.2, 0) is 0 Å². The van der Waals surface area contributed by atoms with E-state index in [4.69, 9.17) is 4.74 Å². The highest BCUT2D eigenvalue weighted by molar-refractivity contribution is 9.10. The van der Waals surface area contributed by atoms with Crippen LogP contribution < -0.4 is 10.1 Å². The van der Waals surface area contributed by atoms with Crippen molar-refractivity contribution in [2.24, 2.45) is 0 Å². The van der Waals surface area contributed by atoms with Crippen molar-refractivity contribution in [1.82, 2.24) is 0 Å². The Kier molecular flexibility index (Phi) is 5.14. The van der Waals surface area contributed by atoms with Gasteiger partial charge in [0.15, 0.2) is 0 Å². The molecule has 112 valence electrons. The Balaban J connectivity index is 2.13. The summed E-state index contributed by atoms with van der Waals surface area (Å²) in [4.78, 5) is 0. The minimum Gasteiger partial charge on any atom is -0.497 e. The Morgan fingerprint density at radius 3 is 2.52 bits per heavy atom. The van der Waals surface area contributed by atoms with Gasteiger partial charge in [0.2, 0.25) is 0 Å². The van der Waals surface area contributed by atoms with Crippen molar-refractivity contribution in [1.29, 1.82) is 0 Å². The topological polar surface area (TPSA) is 41.5 Å². The third kappa shape index (κ3) is 3.71. The van der Waals surface area contributed by atoms with E-state index in [1.54, 1.807) is 18.2 Å². The van der Waals surface area contributed by atoms with E-state index in [-0.39, 0.29) is 12.1 Å². The van der Waals surface area contributed by atoms with E-state index in [1.165, 1.54) is 13.2 Å². The minimum absolute atomic E-state index is 0.0381. The molecular weight excluding hydrogens is 344 g/mol. The van der Waals surface area contributed by atoms with Crippen LogP contribution in [0.4, 0.5) is 14.5 Å². The Hall–Kier alpha value is -1.66. The lowest BCUT2D eigenvalue weighted by atomic mass is 10.1. The maximum absolute atomic E-state index is 13.6. The minimum atomic E-state index is -1.30. The second kappa shape index (κ2) is 6.87. The third-order valence-electron chi connectivity index (χ3n) is 2.99. The van der Waals surface area contributed by atoms with Crippen LogP contribution >= 0.6 is 15.9 Å². The van der Waals surface area contributed by atoms with E-state index in [2.05, 4.69) is 21.2 Å². The molecule has 0 spiro atoms. The fourth-order valence-electron chi connectivity index (χ4n) is 1.90. The molecule has 2 aromatic carbocycles. The normalized spacial score (nSPS) is 12.0. The summed E-state index contributed by atoms with van der Waals surface area (Å²) in [6.07, 6.45) is -1.30. The molecule has 1 unspecified atom stereocenters. The first-order chi connectivity index (χ1) is 10.0. The van der Waals surface area contributed by atoms with Crippen molar-refractivity contribution in [2.45, 2.75) is 6.10 Å². The molecule has 21 heavy (non-hydrogen) atoms. The van der Waals surface area contributed by atoms with Crippen molar-refractivity contribution in [2.75, 3.05) is 19.0 Å². The number of hydrogen-bond donors (Lipinski definition) is 2. The zero-order chi connectivity index (χ0) is 15.4. The van der Waals surface area contributed by atoms with Gasteiger partial charge in [0.1, 0.15) is 23.5 Å². The lowest BCUT2D eigenvalue weighted by Crippen LogP contribution is -2.15. The molecule has 0 radical (unpaired) electrons. The van der Waals surface area contributed by atoms with Crippen LogP contribution in [0.15, 0.2) is 40.9 Å². The molecule has 0 saturated heterocycles. The monoisotopic (exact) mass is 357 g/mol. The molecule has 1 atom stereocenters. The van der Waals surface area contributed by atoms with Gasteiger partial charge in [-0.3, -0.25) is 0 Å². The molecule has 2 rings (SSSR count). The third-order valence-corrected chi connectivity index (χ3v) is 3.68. The molecule has 2 aromatic rings. The Morgan fingerprint density at radius 2 is 1.90 bits per heavy atom. The molecule has 6 heteroatoms. The zero-order valence-electron chi connectivity index (χ0n) is 11.2. The second-order valence-corrected chi connectivity index (χ2v) is 5.23. The fourth-order valence-corrected chi connectivity index (χ4v) is 2.29. The first-order valence-corrected chi connectivity index (χ1v) is 7.01. The SMILES string of the molecule is COc1ccc(Br)c(NCC(O)c2c(F)cccc2F)c1. The summed E-state index contributed by atoms with van der Waals surface area (Å²) in [6.45, 7) is -0.0381. The summed E-state index contributed by atoms with van der Waals surface area (Å²) < 4.78 is 33.0. The molecule has 0 saturated carbocycles. The van der Waals surface area contributed by atoms with Gasteiger partial charge in [-0.1, -0.05) is 6.07 Å². The highest BCUT2D eigenvalue weighted by atomic mass is 79.9. The summed E-state index contributed by atoms with van der Waals surface area (Å²) in [5.41, 5.74) is 0.314. The van der Waals surface area contributed by atoms with Crippen molar-refractivity contribution in [3.63, 3.8) is 0 Å². The molecule has 0 aromatic heterocycles. The van der Waals surface area contributed by atoms with Gasteiger partial charge >= 0.3 is 0 Å². The summed E-state index contributed by atoms with van der Waals surface area (Å²) >= 11 is 3.35. The predicted octanol–water partition coefficient (Wildman–Crippen LogP) is 3.88. The fraction of sp³-hybridized carbons (Fsp3) is 0.200. The quantitative estimate of drug-likeness (QED) is 0.853. The van der Waals surface area contributed by atoms with Gasteiger partial charge in [-0.25, -0.2) is 8.78 Å². The van der Waals surface area contributed by atoms with Crippen LogP contribution in [0.25, 0.3) is 0 Å². The lowest BCUT2D eigenvalue weighted by Gasteiger charge is -2.16. The average molecular weight is 358 g/mol. The van der Waals surface area contributed by atoms with Crippen molar-refractivity contribution >= 4 is 21.6 Å². The number of hydrogen-bond acceptors (Lipinski definition) is 3. The van der Waals surface area contributed by atoms with Crippen LogP contribution in [0, 0.1) is 11.6 Å². The molecule has 0 amide bonds. The number of ether oxygens (including phenoxy) is 1. The van der Waals surface area contributed by atoms with Crippen molar-refractivity contribution in [3.8, 4) is 5.75 Å². The molecule has 0 fully saturated rings. The van der Waals surface area contributed by atoms with Gasteiger partial charge in [0, 0.05) is 17.1 Å². The van der Waals surface area contributed by atoms with Gasteiger partial charge < -0.3 is 15.2 Å². The van der Waals surface area contributed by atoms with Gasteiger partial charge in [-0.2, -0.15) is 0 Å². The predicted molar refractivity (Wildman–Crippen MR) is 80.5 cm³/mol. The molecule has 0 heterocycles. The van der Waals surface area contributed by atoms with E-state index in [0.29, 0.717) is 11.4 Å². The van der Waals surface area contributed by atoms with E-state index < -0.39 is 17.7 Å². The second-order valence-electron chi connectivity index (χ2n) is 4.38. The first-order valence-electron chi connectivity index (χ1n) is 6.22. The molecular formula is C15H14BrF2NO2. The molecule has 3 nitrogen and oxygen atoms in total. The summed E-state index contributed by atoms with van der Waals surface area (Å²) in [5, 5.41) is 12.9. The maximum atomic E-state index is 13.6. The van der Waals surface area contributed by atoms with Crippen molar-refractivity contribution < 1.29 is 18.6 Å². The largest absolute Gasteiger partial charge is 0.497 e. The first kappa shape index (κ1) is 15.7. The lowest BCUT2D eigenvalue weighted by molar-refractivity contribution is 0.181.